The van der Waals surface area contributed by atoms with Crippen LogP contribution in [0.5, 0.6) is 0 Å². The van der Waals surface area contributed by atoms with Crippen molar-refractivity contribution in [2.75, 3.05) is 13.2 Å². The molecular formula is C9H10BrNO2S. The minimum atomic E-state index is -0.225. The topological polar surface area (TPSA) is 49.3 Å². The molecule has 0 radical (unpaired) electrons. The van der Waals surface area contributed by atoms with Crippen LogP contribution in [0.1, 0.15) is 10.4 Å². The molecular weight excluding hydrogens is 266 g/mol. The second-order valence-electron chi connectivity index (χ2n) is 2.64. The van der Waals surface area contributed by atoms with Gasteiger partial charge in [-0.1, -0.05) is 15.9 Å². The Kier molecular flexibility index (Phi) is 4.44. The lowest BCUT2D eigenvalue weighted by Crippen LogP contribution is -2.26. The standard InChI is InChI=1S/C9H10BrNO2S/c10-6-1-2-7(8(14)5-6)9(13)11-3-4-12/h1-2,5,12,14H,3-4H2,(H,11,13). The minimum Gasteiger partial charge on any atom is -0.395 e. The summed E-state index contributed by atoms with van der Waals surface area (Å²) < 4.78 is 0.876. The minimum absolute atomic E-state index is 0.0653. The number of hydrogen-bond acceptors (Lipinski definition) is 3. The highest BCUT2D eigenvalue weighted by atomic mass is 79.9. The smallest absolute Gasteiger partial charge is 0.252 e. The molecule has 2 N–H and O–H groups in total. The maximum absolute atomic E-state index is 11.4. The maximum Gasteiger partial charge on any atom is 0.252 e. The fourth-order valence-corrected chi connectivity index (χ4v) is 1.81. The van der Waals surface area contributed by atoms with Gasteiger partial charge in [-0.05, 0) is 18.2 Å². The van der Waals surface area contributed by atoms with Gasteiger partial charge in [0.2, 0.25) is 0 Å². The van der Waals surface area contributed by atoms with E-state index in [1.54, 1.807) is 18.2 Å². The molecule has 5 heteroatoms. The van der Waals surface area contributed by atoms with Crippen LogP contribution < -0.4 is 5.32 Å². The van der Waals surface area contributed by atoms with Gasteiger partial charge in [0.15, 0.2) is 0 Å². The number of hydrogen-bond donors (Lipinski definition) is 3. The summed E-state index contributed by atoms with van der Waals surface area (Å²) >= 11 is 7.45. The molecule has 1 aromatic rings. The van der Waals surface area contributed by atoms with Crippen LogP contribution in [0.2, 0.25) is 0 Å². The molecule has 1 amide bonds. The van der Waals surface area contributed by atoms with Gasteiger partial charge >= 0.3 is 0 Å². The third-order valence-corrected chi connectivity index (χ3v) is 2.47. The van der Waals surface area contributed by atoms with Crippen LogP contribution in [0.15, 0.2) is 27.6 Å². The van der Waals surface area contributed by atoms with Crippen molar-refractivity contribution in [2.45, 2.75) is 4.90 Å². The summed E-state index contributed by atoms with van der Waals surface area (Å²) in [6.07, 6.45) is 0. The van der Waals surface area contributed by atoms with E-state index in [2.05, 4.69) is 33.9 Å². The third kappa shape index (κ3) is 3.01. The molecule has 0 fully saturated rings. The number of aliphatic hydroxyl groups excluding tert-OH is 1. The van der Waals surface area contributed by atoms with E-state index in [1.807, 2.05) is 0 Å². The van der Waals surface area contributed by atoms with Crippen molar-refractivity contribution >= 4 is 34.5 Å². The molecule has 0 aromatic heterocycles. The van der Waals surface area contributed by atoms with E-state index >= 15 is 0 Å². The summed E-state index contributed by atoms with van der Waals surface area (Å²) in [5, 5.41) is 11.1. The highest BCUT2D eigenvalue weighted by molar-refractivity contribution is 9.10. The first kappa shape index (κ1) is 11.6. The molecule has 0 aliphatic carbocycles. The van der Waals surface area contributed by atoms with Gasteiger partial charge in [0, 0.05) is 15.9 Å². The van der Waals surface area contributed by atoms with E-state index in [9.17, 15) is 4.79 Å². The van der Waals surface area contributed by atoms with Crippen molar-refractivity contribution in [3.63, 3.8) is 0 Å². The second kappa shape index (κ2) is 5.38. The first-order valence-corrected chi connectivity index (χ1v) is 5.26. The average molecular weight is 276 g/mol. The van der Waals surface area contributed by atoms with Crippen LogP contribution in [0, 0.1) is 0 Å². The summed E-state index contributed by atoms with van der Waals surface area (Å²) in [6.45, 7) is 0.187. The zero-order chi connectivity index (χ0) is 10.6. The van der Waals surface area contributed by atoms with Crippen molar-refractivity contribution < 1.29 is 9.90 Å². The van der Waals surface area contributed by atoms with E-state index in [-0.39, 0.29) is 19.1 Å². The molecule has 3 nitrogen and oxygen atoms in total. The van der Waals surface area contributed by atoms with E-state index in [0.717, 1.165) is 4.47 Å². The monoisotopic (exact) mass is 275 g/mol. The van der Waals surface area contributed by atoms with Crippen molar-refractivity contribution in [1.82, 2.24) is 5.32 Å². The van der Waals surface area contributed by atoms with Gasteiger partial charge in [-0.15, -0.1) is 12.6 Å². The Bertz CT molecular complexity index is 344. The predicted octanol–water partition coefficient (Wildman–Crippen LogP) is 1.46. The molecule has 76 valence electrons. The Labute approximate surface area is 96.1 Å². The molecule has 0 aliphatic heterocycles. The summed E-state index contributed by atoms with van der Waals surface area (Å²) in [7, 11) is 0. The number of carbonyl (C=O) groups is 1. The van der Waals surface area contributed by atoms with Gasteiger partial charge in [-0.2, -0.15) is 0 Å². The van der Waals surface area contributed by atoms with E-state index in [0.29, 0.717) is 10.5 Å². The summed E-state index contributed by atoms with van der Waals surface area (Å²) in [6, 6.07) is 5.20. The van der Waals surface area contributed by atoms with Gasteiger partial charge in [0.05, 0.1) is 12.2 Å². The Balaban J connectivity index is 2.80. The Hall–Kier alpha value is -0.520. The van der Waals surface area contributed by atoms with Crippen LogP contribution in [-0.4, -0.2) is 24.2 Å². The second-order valence-corrected chi connectivity index (χ2v) is 4.04. The molecule has 14 heavy (non-hydrogen) atoms. The molecule has 0 bridgehead atoms. The quantitative estimate of drug-likeness (QED) is 0.732. The average Bonchev–Trinajstić information content (AvgIpc) is 2.14. The number of nitrogens with one attached hydrogen (secondary N) is 1. The highest BCUT2D eigenvalue weighted by Crippen LogP contribution is 2.19. The molecule has 0 saturated heterocycles. The molecule has 1 aromatic carbocycles. The zero-order valence-corrected chi connectivity index (χ0v) is 9.81. The predicted molar refractivity (Wildman–Crippen MR) is 60.8 cm³/mol. The summed E-state index contributed by atoms with van der Waals surface area (Å²) in [5.41, 5.74) is 0.505. The van der Waals surface area contributed by atoms with Crippen LogP contribution >= 0.6 is 28.6 Å². The van der Waals surface area contributed by atoms with Gasteiger partial charge in [0.1, 0.15) is 0 Å². The molecule has 0 spiro atoms. The molecule has 1 rings (SSSR count). The van der Waals surface area contributed by atoms with Crippen LogP contribution in [0.4, 0.5) is 0 Å². The zero-order valence-electron chi connectivity index (χ0n) is 7.33. The van der Waals surface area contributed by atoms with E-state index in [4.69, 9.17) is 5.11 Å². The van der Waals surface area contributed by atoms with E-state index in [1.165, 1.54) is 0 Å². The van der Waals surface area contributed by atoms with Crippen molar-refractivity contribution in [2.24, 2.45) is 0 Å². The maximum atomic E-state index is 11.4. The van der Waals surface area contributed by atoms with Crippen LogP contribution in [0.25, 0.3) is 0 Å². The number of halogens is 1. The number of aliphatic hydroxyl groups is 1. The summed E-state index contributed by atoms with van der Waals surface area (Å²) in [5.74, 6) is -0.225. The van der Waals surface area contributed by atoms with Crippen molar-refractivity contribution in [1.29, 1.82) is 0 Å². The third-order valence-electron chi connectivity index (χ3n) is 1.60. The fourth-order valence-electron chi connectivity index (χ4n) is 0.961. The first-order valence-electron chi connectivity index (χ1n) is 4.02. The lowest BCUT2D eigenvalue weighted by molar-refractivity contribution is 0.0942. The number of amides is 1. The van der Waals surface area contributed by atoms with Crippen LogP contribution in [0.3, 0.4) is 0 Å². The lowest BCUT2D eigenvalue weighted by atomic mass is 10.2. The van der Waals surface area contributed by atoms with Crippen molar-refractivity contribution in [3.05, 3.63) is 28.2 Å². The van der Waals surface area contributed by atoms with Gasteiger partial charge in [-0.3, -0.25) is 4.79 Å². The number of carbonyl (C=O) groups excluding carboxylic acids is 1. The highest BCUT2D eigenvalue weighted by Gasteiger charge is 2.08. The first-order chi connectivity index (χ1) is 6.65. The number of benzene rings is 1. The number of thiol groups is 1. The Morgan fingerprint density at radius 3 is 2.86 bits per heavy atom. The summed E-state index contributed by atoms with van der Waals surface area (Å²) in [4.78, 5) is 12.1. The molecule has 0 saturated carbocycles. The van der Waals surface area contributed by atoms with E-state index < -0.39 is 0 Å². The SMILES string of the molecule is O=C(NCCO)c1ccc(Br)cc1S. The Morgan fingerprint density at radius 2 is 2.29 bits per heavy atom. The molecule has 0 atom stereocenters. The van der Waals surface area contributed by atoms with Crippen LogP contribution in [-0.2, 0) is 0 Å². The Morgan fingerprint density at radius 1 is 1.57 bits per heavy atom. The van der Waals surface area contributed by atoms with Gasteiger partial charge in [-0.25, -0.2) is 0 Å². The van der Waals surface area contributed by atoms with Gasteiger partial charge < -0.3 is 10.4 Å². The van der Waals surface area contributed by atoms with Crippen molar-refractivity contribution in [3.8, 4) is 0 Å². The molecule has 0 heterocycles. The fraction of sp³-hybridized carbons (Fsp3) is 0.222. The molecule has 0 unspecified atom stereocenters. The lowest BCUT2D eigenvalue weighted by Gasteiger charge is -2.05. The molecule has 0 aliphatic rings. The number of rotatable bonds is 3. The van der Waals surface area contributed by atoms with Gasteiger partial charge in [0.25, 0.3) is 5.91 Å². The largest absolute Gasteiger partial charge is 0.395 e. The normalized spacial score (nSPS) is 9.93.